The molecule has 0 aliphatic heterocycles. The van der Waals surface area contributed by atoms with Crippen molar-refractivity contribution in [3.05, 3.63) is 23.8 Å². The molecule has 0 aliphatic carbocycles. The molecule has 1 aromatic carbocycles. The lowest BCUT2D eigenvalue weighted by molar-refractivity contribution is 0.0698. The van der Waals surface area contributed by atoms with Gasteiger partial charge in [-0.2, -0.15) is 0 Å². The van der Waals surface area contributed by atoms with Crippen molar-refractivity contribution < 1.29 is 19.4 Å². The molecule has 0 bridgehead atoms. The molecule has 6 nitrogen and oxygen atoms in total. The third-order valence-corrected chi connectivity index (χ3v) is 2.30. The van der Waals surface area contributed by atoms with Gasteiger partial charge in [-0.05, 0) is 19.1 Å². The first-order valence-corrected chi connectivity index (χ1v) is 5.43. The largest absolute Gasteiger partial charge is 0.497 e. The molecule has 1 aromatic rings. The highest BCUT2D eigenvalue weighted by molar-refractivity contribution is 6.00. The van der Waals surface area contributed by atoms with Crippen molar-refractivity contribution in [2.75, 3.05) is 12.4 Å². The van der Waals surface area contributed by atoms with E-state index >= 15 is 0 Å². The van der Waals surface area contributed by atoms with Crippen LogP contribution in [0.2, 0.25) is 0 Å². The number of urea groups is 1. The minimum Gasteiger partial charge on any atom is -0.497 e. The number of aromatic carboxylic acids is 1. The van der Waals surface area contributed by atoms with E-state index in [4.69, 9.17) is 16.3 Å². The number of carbonyl (C=O) groups excluding carboxylic acids is 1. The van der Waals surface area contributed by atoms with E-state index in [9.17, 15) is 9.59 Å². The lowest BCUT2D eigenvalue weighted by atomic mass is 10.1. The summed E-state index contributed by atoms with van der Waals surface area (Å²) in [5.41, 5.74) is 0.0953. The molecule has 100 valence electrons. The molecule has 1 unspecified atom stereocenters. The minimum atomic E-state index is -1.15. The molecule has 0 aliphatic rings. The molecule has 1 rings (SSSR count). The maximum absolute atomic E-state index is 11.6. The molecule has 0 saturated heterocycles. The molecule has 19 heavy (non-hydrogen) atoms. The van der Waals surface area contributed by atoms with Crippen LogP contribution in [0.3, 0.4) is 0 Å². The number of terminal acetylenes is 1. The first kappa shape index (κ1) is 14.4. The summed E-state index contributed by atoms with van der Waals surface area (Å²) in [5.74, 6) is 1.61. The van der Waals surface area contributed by atoms with Gasteiger partial charge in [0.15, 0.2) is 0 Å². The average molecular weight is 262 g/mol. The third-order valence-electron chi connectivity index (χ3n) is 2.30. The summed E-state index contributed by atoms with van der Waals surface area (Å²) in [7, 11) is 1.44. The van der Waals surface area contributed by atoms with Crippen molar-refractivity contribution in [1.82, 2.24) is 5.32 Å². The van der Waals surface area contributed by atoms with Crippen molar-refractivity contribution >= 4 is 17.7 Å². The molecule has 6 heteroatoms. The quantitative estimate of drug-likeness (QED) is 0.718. The Hall–Kier alpha value is -2.68. The van der Waals surface area contributed by atoms with Gasteiger partial charge in [-0.3, -0.25) is 0 Å². The summed E-state index contributed by atoms with van der Waals surface area (Å²) in [6, 6.07) is 3.22. The topological polar surface area (TPSA) is 87.7 Å². The van der Waals surface area contributed by atoms with Crippen molar-refractivity contribution in [1.29, 1.82) is 0 Å². The molecular formula is C13H14N2O4. The smallest absolute Gasteiger partial charge is 0.337 e. The fourth-order valence-corrected chi connectivity index (χ4v) is 1.34. The van der Waals surface area contributed by atoms with E-state index in [2.05, 4.69) is 16.6 Å². The van der Waals surface area contributed by atoms with Crippen LogP contribution in [0.5, 0.6) is 5.75 Å². The number of amides is 2. The second kappa shape index (κ2) is 6.31. The van der Waals surface area contributed by atoms with Crippen LogP contribution in [0.4, 0.5) is 10.5 Å². The van der Waals surface area contributed by atoms with Gasteiger partial charge in [0.25, 0.3) is 0 Å². The number of methoxy groups -OCH3 is 1. The Morgan fingerprint density at radius 2 is 2.16 bits per heavy atom. The summed E-state index contributed by atoms with van der Waals surface area (Å²) >= 11 is 0. The molecule has 0 heterocycles. The van der Waals surface area contributed by atoms with Crippen molar-refractivity contribution in [3.8, 4) is 18.1 Å². The zero-order valence-corrected chi connectivity index (χ0v) is 10.6. The Kier molecular flexibility index (Phi) is 4.77. The Balaban J connectivity index is 2.95. The van der Waals surface area contributed by atoms with E-state index in [-0.39, 0.29) is 11.3 Å². The number of carbonyl (C=O) groups is 2. The van der Waals surface area contributed by atoms with Gasteiger partial charge < -0.3 is 20.5 Å². The van der Waals surface area contributed by atoms with Crippen molar-refractivity contribution in [3.63, 3.8) is 0 Å². The summed E-state index contributed by atoms with van der Waals surface area (Å²) in [4.78, 5) is 22.6. The highest BCUT2D eigenvalue weighted by atomic mass is 16.5. The fraction of sp³-hybridized carbons (Fsp3) is 0.231. The Morgan fingerprint density at radius 3 is 2.68 bits per heavy atom. The maximum Gasteiger partial charge on any atom is 0.337 e. The van der Waals surface area contributed by atoms with Gasteiger partial charge in [-0.15, -0.1) is 6.42 Å². The van der Waals surface area contributed by atoms with Crippen LogP contribution < -0.4 is 15.4 Å². The lowest BCUT2D eigenvalue weighted by Crippen LogP contribution is -2.35. The SMILES string of the molecule is C#CC(C)NC(=O)Nc1cc(OC)ccc1C(=O)O. The minimum absolute atomic E-state index is 0.0377. The molecular weight excluding hydrogens is 248 g/mol. The van der Waals surface area contributed by atoms with E-state index in [0.717, 1.165) is 0 Å². The van der Waals surface area contributed by atoms with Crippen LogP contribution >= 0.6 is 0 Å². The second-order valence-electron chi connectivity index (χ2n) is 3.70. The fourth-order valence-electron chi connectivity index (χ4n) is 1.34. The molecule has 0 saturated carbocycles. The summed E-state index contributed by atoms with van der Waals surface area (Å²) in [6.45, 7) is 1.63. The first-order valence-electron chi connectivity index (χ1n) is 5.43. The average Bonchev–Trinajstić information content (AvgIpc) is 2.37. The van der Waals surface area contributed by atoms with Crippen LogP contribution in [0, 0.1) is 12.3 Å². The van der Waals surface area contributed by atoms with Gasteiger partial charge in [0.2, 0.25) is 0 Å². The summed E-state index contributed by atoms with van der Waals surface area (Å²) in [6.07, 6.45) is 5.13. The van der Waals surface area contributed by atoms with Crippen LogP contribution in [0.15, 0.2) is 18.2 Å². The third kappa shape index (κ3) is 3.92. The number of nitrogens with one attached hydrogen (secondary N) is 2. The first-order chi connectivity index (χ1) is 8.97. The summed E-state index contributed by atoms with van der Waals surface area (Å²) < 4.78 is 4.98. The van der Waals surface area contributed by atoms with E-state index in [1.165, 1.54) is 25.3 Å². The predicted octanol–water partition coefficient (Wildman–Crippen LogP) is 1.54. The molecule has 2 amide bonds. The number of carboxylic acid groups (broad SMARTS) is 1. The molecule has 3 N–H and O–H groups in total. The number of hydrogen-bond acceptors (Lipinski definition) is 3. The zero-order valence-electron chi connectivity index (χ0n) is 10.6. The van der Waals surface area contributed by atoms with Gasteiger partial charge >= 0.3 is 12.0 Å². The lowest BCUT2D eigenvalue weighted by Gasteiger charge is -2.12. The number of carboxylic acids is 1. The predicted molar refractivity (Wildman–Crippen MR) is 70.4 cm³/mol. The maximum atomic E-state index is 11.6. The van der Waals surface area contributed by atoms with Gasteiger partial charge in [0, 0.05) is 6.07 Å². The number of rotatable bonds is 4. The van der Waals surface area contributed by atoms with Crippen molar-refractivity contribution in [2.24, 2.45) is 0 Å². The molecule has 1 atom stereocenters. The van der Waals surface area contributed by atoms with Crippen LogP contribution in [0.25, 0.3) is 0 Å². The number of ether oxygens (including phenoxy) is 1. The van der Waals surface area contributed by atoms with E-state index < -0.39 is 18.0 Å². The van der Waals surface area contributed by atoms with Crippen LogP contribution in [0.1, 0.15) is 17.3 Å². The molecule has 0 aromatic heterocycles. The molecule has 0 radical (unpaired) electrons. The Labute approximate surface area is 110 Å². The van der Waals surface area contributed by atoms with Crippen LogP contribution in [-0.4, -0.2) is 30.3 Å². The van der Waals surface area contributed by atoms with Gasteiger partial charge in [-0.25, -0.2) is 9.59 Å². The van der Waals surface area contributed by atoms with E-state index in [1.807, 2.05) is 0 Å². The molecule has 0 fully saturated rings. The number of hydrogen-bond donors (Lipinski definition) is 3. The monoisotopic (exact) mass is 262 g/mol. The second-order valence-corrected chi connectivity index (χ2v) is 3.70. The number of anilines is 1. The van der Waals surface area contributed by atoms with Gasteiger partial charge in [0.1, 0.15) is 5.75 Å². The highest BCUT2D eigenvalue weighted by Gasteiger charge is 2.14. The standard InChI is InChI=1S/C13H14N2O4/c1-4-8(2)14-13(18)15-11-7-9(19-3)5-6-10(11)12(16)17/h1,5-8H,2-3H3,(H,16,17)(H2,14,15,18). The van der Waals surface area contributed by atoms with Crippen LogP contribution in [-0.2, 0) is 0 Å². The normalized spacial score (nSPS) is 11.0. The highest BCUT2D eigenvalue weighted by Crippen LogP contribution is 2.22. The van der Waals surface area contributed by atoms with Crippen molar-refractivity contribution in [2.45, 2.75) is 13.0 Å². The molecule has 0 spiro atoms. The zero-order chi connectivity index (χ0) is 14.4. The van der Waals surface area contributed by atoms with E-state index in [1.54, 1.807) is 6.92 Å². The Bertz CT molecular complexity index is 534. The van der Waals surface area contributed by atoms with Gasteiger partial charge in [-0.1, -0.05) is 5.92 Å². The van der Waals surface area contributed by atoms with Gasteiger partial charge in [0.05, 0.1) is 24.4 Å². The summed E-state index contributed by atoms with van der Waals surface area (Å²) in [5, 5.41) is 13.9. The number of benzene rings is 1. The van der Waals surface area contributed by atoms with E-state index in [0.29, 0.717) is 5.75 Å². The Morgan fingerprint density at radius 1 is 1.47 bits per heavy atom.